The van der Waals surface area contributed by atoms with Gasteiger partial charge in [-0.15, -0.1) is 10.2 Å². The molecule has 0 fully saturated rings. The van der Waals surface area contributed by atoms with E-state index in [9.17, 15) is 27.2 Å². The molecule has 5 rings (SSSR count). The van der Waals surface area contributed by atoms with Crippen LogP contribution in [0.5, 0.6) is 0 Å². The Bertz CT molecular complexity index is 1640. The lowest BCUT2D eigenvalue weighted by Crippen LogP contribution is -2.36. The van der Waals surface area contributed by atoms with Crippen molar-refractivity contribution in [2.75, 3.05) is 0 Å². The quantitative estimate of drug-likeness (QED) is 0.149. The first-order chi connectivity index (χ1) is 19.0. The summed E-state index contributed by atoms with van der Waals surface area (Å²) in [6, 6.07) is 4.05. The average Bonchev–Trinajstić information content (AvgIpc) is 3.67. The molecule has 4 aromatic heterocycles. The van der Waals surface area contributed by atoms with Crippen molar-refractivity contribution in [3.05, 3.63) is 77.1 Å². The highest BCUT2D eigenvalue weighted by Gasteiger charge is 2.33. The van der Waals surface area contributed by atoms with Gasteiger partial charge in [-0.05, 0) is 35.0 Å². The van der Waals surface area contributed by atoms with Gasteiger partial charge in [0, 0.05) is 24.2 Å². The van der Waals surface area contributed by atoms with Gasteiger partial charge in [0.25, 0.3) is 0 Å². The lowest BCUT2D eigenvalue weighted by atomic mass is 10.0. The molecule has 18 heteroatoms. The Balaban J connectivity index is 1.55. The fraction of sp³-hybridized carbons (Fsp3) is 0.227. The van der Waals surface area contributed by atoms with Gasteiger partial charge in [0.15, 0.2) is 12.0 Å². The van der Waals surface area contributed by atoms with E-state index in [1.807, 2.05) is 0 Å². The van der Waals surface area contributed by atoms with Crippen molar-refractivity contribution in [3.63, 3.8) is 0 Å². The van der Waals surface area contributed by atoms with Crippen molar-refractivity contribution >= 4 is 11.6 Å². The molecule has 208 valence electrons. The summed E-state index contributed by atoms with van der Waals surface area (Å²) in [6.07, 6.45) is -0.802. The molecule has 1 aromatic carbocycles. The summed E-state index contributed by atoms with van der Waals surface area (Å²) < 4.78 is 83.2. The standard InChI is InChI=1S/C22H15ClF6N10O/c23-14-2-4-18(38-11-30-33-35-38)19(20(14)24)12-1-3-17(39(40)9-12)16(5-6-22(27,28)29)36-8-13(7-31-36)15-10-37(21(25)26)34-32-15/h1-4,7-11,16,21H,5-6H2/t16-/m1/s1. The zero-order valence-electron chi connectivity index (χ0n) is 19.8. The van der Waals surface area contributed by atoms with E-state index >= 15 is 4.39 Å². The summed E-state index contributed by atoms with van der Waals surface area (Å²) >= 11 is 5.96. The van der Waals surface area contributed by atoms with Crippen LogP contribution in [0.3, 0.4) is 0 Å². The van der Waals surface area contributed by atoms with E-state index in [-0.39, 0.29) is 38.8 Å². The van der Waals surface area contributed by atoms with E-state index in [4.69, 9.17) is 11.6 Å². The molecule has 4 heterocycles. The number of nitrogens with zero attached hydrogens (tertiary/aromatic N) is 10. The number of halogens is 7. The highest BCUT2D eigenvalue weighted by atomic mass is 35.5. The number of tetrazole rings is 1. The monoisotopic (exact) mass is 584 g/mol. The molecule has 0 aliphatic carbocycles. The Morgan fingerprint density at radius 3 is 2.48 bits per heavy atom. The van der Waals surface area contributed by atoms with Crippen molar-refractivity contribution in [1.29, 1.82) is 0 Å². The van der Waals surface area contributed by atoms with Crippen LogP contribution in [0.15, 0.2) is 55.4 Å². The molecule has 0 spiro atoms. The number of benzene rings is 1. The van der Waals surface area contributed by atoms with Crippen LogP contribution in [0, 0.1) is 11.0 Å². The summed E-state index contributed by atoms with van der Waals surface area (Å²) in [6.45, 7) is -2.94. The molecule has 0 aliphatic heterocycles. The lowest BCUT2D eigenvalue weighted by molar-refractivity contribution is -0.615. The second-order valence-corrected chi connectivity index (χ2v) is 8.83. The number of hydrogen-bond donors (Lipinski definition) is 0. The number of aromatic nitrogens is 10. The molecule has 40 heavy (non-hydrogen) atoms. The van der Waals surface area contributed by atoms with Crippen LogP contribution in [0.4, 0.5) is 26.3 Å². The molecule has 0 saturated heterocycles. The molecule has 0 aliphatic rings. The Kier molecular flexibility index (Phi) is 7.14. The number of rotatable bonds is 8. The first-order valence-electron chi connectivity index (χ1n) is 11.3. The van der Waals surface area contributed by atoms with Gasteiger partial charge < -0.3 is 5.21 Å². The zero-order valence-corrected chi connectivity index (χ0v) is 20.5. The van der Waals surface area contributed by atoms with E-state index in [1.54, 1.807) is 0 Å². The Labute approximate surface area is 224 Å². The fourth-order valence-corrected chi connectivity index (χ4v) is 4.19. The Morgan fingerprint density at radius 2 is 1.82 bits per heavy atom. The van der Waals surface area contributed by atoms with E-state index < -0.39 is 37.4 Å². The second kappa shape index (κ2) is 10.6. The highest BCUT2D eigenvalue weighted by molar-refractivity contribution is 6.31. The maximum atomic E-state index is 15.1. The molecule has 0 radical (unpaired) electrons. The van der Waals surface area contributed by atoms with Gasteiger partial charge in [0.1, 0.15) is 18.1 Å². The topological polar surface area (TPSA) is 119 Å². The molecular formula is C22H15ClF6N10O. The van der Waals surface area contributed by atoms with Crippen LogP contribution in [0.2, 0.25) is 5.02 Å². The minimum Gasteiger partial charge on any atom is -0.618 e. The van der Waals surface area contributed by atoms with Crippen LogP contribution in [-0.4, -0.2) is 51.2 Å². The van der Waals surface area contributed by atoms with Gasteiger partial charge in [0.2, 0.25) is 5.69 Å². The second-order valence-electron chi connectivity index (χ2n) is 8.42. The Hall–Kier alpha value is -4.54. The van der Waals surface area contributed by atoms with Crippen molar-refractivity contribution < 1.29 is 31.1 Å². The van der Waals surface area contributed by atoms with Gasteiger partial charge in [-0.1, -0.05) is 16.8 Å². The third kappa shape index (κ3) is 5.45. The molecule has 0 amide bonds. The van der Waals surface area contributed by atoms with Gasteiger partial charge >= 0.3 is 12.7 Å². The number of hydrogen-bond acceptors (Lipinski definition) is 7. The largest absolute Gasteiger partial charge is 0.618 e. The normalized spacial score (nSPS) is 12.8. The molecule has 0 bridgehead atoms. The maximum Gasteiger partial charge on any atom is 0.389 e. The summed E-state index contributed by atoms with van der Waals surface area (Å²) in [5, 5.41) is 34.6. The van der Waals surface area contributed by atoms with E-state index in [1.165, 1.54) is 43.0 Å². The summed E-state index contributed by atoms with van der Waals surface area (Å²) in [4.78, 5) is 0. The van der Waals surface area contributed by atoms with Crippen LogP contribution in [-0.2, 0) is 0 Å². The van der Waals surface area contributed by atoms with Crippen LogP contribution in [0.25, 0.3) is 28.1 Å². The predicted octanol–water partition coefficient (Wildman–Crippen LogP) is 4.54. The maximum absolute atomic E-state index is 15.1. The van der Waals surface area contributed by atoms with Gasteiger partial charge in [0.05, 0.1) is 34.2 Å². The summed E-state index contributed by atoms with van der Waals surface area (Å²) in [5.41, 5.74) is 0.116. The molecule has 11 nitrogen and oxygen atoms in total. The predicted molar refractivity (Wildman–Crippen MR) is 124 cm³/mol. The first-order valence-corrected chi connectivity index (χ1v) is 11.7. The van der Waals surface area contributed by atoms with Crippen LogP contribution in [0.1, 0.15) is 31.1 Å². The van der Waals surface area contributed by atoms with E-state index in [0.29, 0.717) is 9.41 Å². The molecule has 0 N–H and O–H groups in total. The van der Waals surface area contributed by atoms with Gasteiger partial charge in [-0.2, -0.15) is 41.1 Å². The minimum absolute atomic E-state index is 0.00182. The third-order valence-corrected chi connectivity index (χ3v) is 6.16. The van der Waals surface area contributed by atoms with Crippen molar-refractivity contribution in [2.45, 2.75) is 31.6 Å². The van der Waals surface area contributed by atoms with Crippen LogP contribution >= 0.6 is 11.6 Å². The highest BCUT2D eigenvalue weighted by Crippen LogP contribution is 2.34. The number of pyridine rings is 1. The van der Waals surface area contributed by atoms with E-state index in [0.717, 1.165) is 21.8 Å². The third-order valence-electron chi connectivity index (χ3n) is 5.87. The van der Waals surface area contributed by atoms with Crippen LogP contribution < -0.4 is 4.73 Å². The molecule has 0 saturated carbocycles. The smallest absolute Gasteiger partial charge is 0.389 e. The molecule has 1 atom stereocenters. The fourth-order valence-electron chi connectivity index (χ4n) is 4.04. The average molecular weight is 585 g/mol. The van der Waals surface area contributed by atoms with Gasteiger partial charge in [-0.3, -0.25) is 4.68 Å². The molecule has 0 unspecified atom stereocenters. The van der Waals surface area contributed by atoms with E-state index in [2.05, 4.69) is 30.9 Å². The van der Waals surface area contributed by atoms with Gasteiger partial charge in [-0.25, -0.2) is 4.39 Å². The lowest BCUT2D eigenvalue weighted by Gasteiger charge is -2.19. The Morgan fingerprint density at radius 1 is 1.02 bits per heavy atom. The first kappa shape index (κ1) is 27.0. The molecular weight excluding hydrogens is 570 g/mol. The summed E-state index contributed by atoms with van der Waals surface area (Å²) in [7, 11) is 0. The zero-order chi connectivity index (χ0) is 28.6. The van der Waals surface area contributed by atoms with Crippen molar-refractivity contribution in [3.8, 4) is 28.1 Å². The SMILES string of the molecule is [O-][n+]1cc(-c2c(-n3cnnn3)ccc(Cl)c2F)ccc1[C@@H](CCC(F)(F)F)n1cc(-c2cn(C(F)F)nn2)cn1. The van der Waals surface area contributed by atoms with Crippen molar-refractivity contribution in [1.82, 2.24) is 45.0 Å². The number of alkyl halides is 5. The molecule has 5 aromatic rings. The minimum atomic E-state index is -4.55. The summed E-state index contributed by atoms with van der Waals surface area (Å²) in [5.74, 6) is -0.871. The van der Waals surface area contributed by atoms with Crippen molar-refractivity contribution in [2.24, 2.45) is 0 Å².